The van der Waals surface area contributed by atoms with Crippen molar-refractivity contribution in [3.8, 4) is 0 Å². The van der Waals surface area contributed by atoms with Crippen molar-refractivity contribution in [3.63, 3.8) is 0 Å². The molecule has 2 aromatic rings. The third kappa shape index (κ3) is 3.07. The Labute approximate surface area is 142 Å². The zero-order valence-corrected chi connectivity index (χ0v) is 13.7. The lowest BCUT2D eigenvalue weighted by Crippen LogP contribution is -2.37. The normalized spacial score (nSPS) is 15.4. The molecule has 124 valence electrons. The molecular weight excluding hydrogens is 300 g/mol. The molecule has 0 aliphatic carbocycles. The van der Waals surface area contributed by atoms with Gasteiger partial charge in [-0.15, -0.1) is 0 Å². The second-order valence-corrected chi connectivity index (χ2v) is 6.45. The number of nitrogens with zero attached hydrogens (tertiary/aromatic N) is 2. The summed E-state index contributed by atoms with van der Waals surface area (Å²) in [5.74, 6) is 1.01. The van der Waals surface area contributed by atoms with Crippen molar-refractivity contribution in [3.05, 3.63) is 58.8 Å². The molecule has 0 saturated carbocycles. The molecule has 0 bridgehead atoms. The van der Waals surface area contributed by atoms with E-state index in [1.807, 2.05) is 17.0 Å². The second kappa shape index (κ2) is 6.51. The fraction of sp³-hybridized carbons (Fsp3) is 0.368. The van der Waals surface area contributed by atoms with Gasteiger partial charge in [0, 0.05) is 38.3 Å². The monoisotopic (exact) mass is 322 g/mol. The predicted molar refractivity (Wildman–Crippen MR) is 93.8 cm³/mol. The number of fused-ring (bicyclic) bond motifs is 2. The van der Waals surface area contributed by atoms with E-state index in [1.54, 1.807) is 0 Å². The maximum absolute atomic E-state index is 12.3. The fourth-order valence-corrected chi connectivity index (χ4v) is 3.39. The summed E-state index contributed by atoms with van der Waals surface area (Å²) in [5.41, 5.74) is 4.81. The first-order valence-corrected chi connectivity index (χ1v) is 8.62. The smallest absolute Gasteiger partial charge is 0.318 e. The van der Waals surface area contributed by atoms with Crippen molar-refractivity contribution in [2.24, 2.45) is 0 Å². The number of amides is 2. The number of aryl methyl sites for hydroxylation is 1. The van der Waals surface area contributed by atoms with E-state index in [-0.39, 0.29) is 6.03 Å². The molecule has 0 atom stereocenters. The molecule has 0 unspecified atom stereocenters. The van der Waals surface area contributed by atoms with Gasteiger partial charge in [0.05, 0.1) is 0 Å². The summed E-state index contributed by atoms with van der Waals surface area (Å²) >= 11 is 0. The summed E-state index contributed by atoms with van der Waals surface area (Å²) in [6.45, 7) is 3.00. The van der Waals surface area contributed by atoms with Crippen LogP contribution in [0, 0.1) is 0 Å². The molecule has 0 radical (unpaired) electrons. The zero-order chi connectivity index (χ0) is 16.4. The summed E-state index contributed by atoms with van der Waals surface area (Å²) in [7, 11) is 0. The van der Waals surface area contributed by atoms with Gasteiger partial charge in [-0.2, -0.15) is 0 Å². The highest BCUT2D eigenvalue weighted by atomic mass is 16.2. The molecule has 0 saturated heterocycles. The van der Waals surface area contributed by atoms with Crippen LogP contribution in [-0.2, 0) is 25.9 Å². The van der Waals surface area contributed by atoms with Gasteiger partial charge in [-0.1, -0.05) is 30.3 Å². The molecule has 1 aromatic carbocycles. The van der Waals surface area contributed by atoms with Crippen LogP contribution in [0.2, 0.25) is 0 Å². The topological polar surface area (TPSA) is 57.3 Å². The van der Waals surface area contributed by atoms with Crippen LogP contribution in [0.4, 0.5) is 10.6 Å². The van der Waals surface area contributed by atoms with Gasteiger partial charge >= 0.3 is 6.03 Å². The Morgan fingerprint density at radius 2 is 1.92 bits per heavy atom. The van der Waals surface area contributed by atoms with E-state index >= 15 is 0 Å². The summed E-state index contributed by atoms with van der Waals surface area (Å²) in [4.78, 5) is 18.8. The van der Waals surface area contributed by atoms with E-state index in [0.717, 1.165) is 30.9 Å². The number of nitrogens with one attached hydrogen (secondary N) is 2. The van der Waals surface area contributed by atoms with Crippen molar-refractivity contribution in [1.82, 2.24) is 15.2 Å². The van der Waals surface area contributed by atoms with E-state index in [1.165, 1.54) is 23.1 Å². The molecule has 5 heteroatoms. The Morgan fingerprint density at radius 3 is 2.71 bits per heavy atom. The number of urea groups is 1. The minimum absolute atomic E-state index is 0.00212. The van der Waals surface area contributed by atoms with Gasteiger partial charge in [0.1, 0.15) is 5.82 Å². The Morgan fingerprint density at radius 1 is 1.12 bits per heavy atom. The van der Waals surface area contributed by atoms with Crippen LogP contribution in [-0.4, -0.2) is 29.0 Å². The number of anilines is 1. The second-order valence-electron chi connectivity index (χ2n) is 6.45. The summed E-state index contributed by atoms with van der Waals surface area (Å²) in [6.07, 6.45) is 3.02. The number of rotatable bonds is 3. The van der Waals surface area contributed by atoms with E-state index in [4.69, 9.17) is 0 Å². The molecule has 0 spiro atoms. The zero-order valence-electron chi connectivity index (χ0n) is 13.7. The van der Waals surface area contributed by atoms with Crippen LogP contribution >= 0.6 is 0 Å². The van der Waals surface area contributed by atoms with Crippen molar-refractivity contribution < 1.29 is 4.79 Å². The molecule has 3 heterocycles. The average Bonchev–Trinajstić information content (AvgIpc) is 3.06. The fourth-order valence-electron chi connectivity index (χ4n) is 3.39. The van der Waals surface area contributed by atoms with E-state index in [9.17, 15) is 4.79 Å². The lowest BCUT2D eigenvalue weighted by Gasteiger charge is -2.18. The molecule has 4 rings (SSSR count). The highest BCUT2D eigenvalue weighted by molar-refractivity contribution is 5.75. The van der Waals surface area contributed by atoms with Gasteiger partial charge in [-0.05, 0) is 35.6 Å². The number of hydrogen-bond acceptors (Lipinski definition) is 3. The largest absolute Gasteiger partial charge is 0.370 e. The lowest BCUT2D eigenvalue weighted by molar-refractivity contribution is 0.198. The minimum atomic E-state index is 0.00212. The predicted octanol–water partition coefficient (Wildman–Crippen LogP) is 2.71. The van der Waals surface area contributed by atoms with Gasteiger partial charge in [0.15, 0.2) is 0 Å². The third-order valence-electron chi connectivity index (χ3n) is 4.74. The van der Waals surface area contributed by atoms with Gasteiger partial charge in [0.2, 0.25) is 0 Å². The molecule has 2 N–H and O–H groups in total. The van der Waals surface area contributed by atoms with Crippen LogP contribution in [0.5, 0.6) is 0 Å². The lowest BCUT2D eigenvalue weighted by atomic mass is 10.1. The number of aromatic nitrogens is 1. The molecule has 24 heavy (non-hydrogen) atoms. The summed E-state index contributed by atoms with van der Waals surface area (Å²) < 4.78 is 0. The Bertz CT molecular complexity index is 734. The molecular formula is C19H22N4O. The van der Waals surface area contributed by atoms with Crippen molar-refractivity contribution in [1.29, 1.82) is 0 Å². The van der Waals surface area contributed by atoms with Gasteiger partial charge < -0.3 is 15.5 Å². The Kier molecular flexibility index (Phi) is 4.07. The summed E-state index contributed by atoms with van der Waals surface area (Å²) in [6, 6.07) is 12.5. The molecule has 2 aliphatic heterocycles. The van der Waals surface area contributed by atoms with Crippen molar-refractivity contribution in [2.75, 3.05) is 18.4 Å². The first-order chi connectivity index (χ1) is 11.8. The minimum Gasteiger partial charge on any atom is -0.370 e. The highest BCUT2D eigenvalue weighted by Crippen LogP contribution is 2.22. The SMILES string of the molecule is O=C(NCCc1ccc2c(n1)NCCC2)N1Cc2ccccc2C1. The average molecular weight is 322 g/mol. The quantitative estimate of drug-likeness (QED) is 0.913. The van der Waals surface area contributed by atoms with Crippen LogP contribution in [0.25, 0.3) is 0 Å². The van der Waals surface area contributed by atoms with Crippen LogP contribution in [0.15, 0.2) is 36.4 Å². The first kappa shape index (κ1) is 15.0. The highest BCUT2D eigenvalue weighted by Gasteiger charge is 2.22. The maximum Gasteiger partial charge on any atom is 0.318 e. The van der Waals surface area contributed by atoms with Crippen LogP contribution in [0.1, 0.15) is 28.8 Å². The molecule has 5 nitrogen and oxygen atoms in total. The summed E-state index contributed by atoms with van der Waals surface area (Å²) in [5, 5.41) is 6.36. The van der Waals surface area contributed by atoms with E-state index < -0.39 is 0 Å². The van der Waals surface area contributed by atoms with Crippen LogP contribution < -0.4 is 10.6 Å². The van der Waals surface area contributed by atoms with Crippen LogP contribution in [0.3, 0.4) is 0 Å². The number of benzene rings is 1. The molecule has 0 fully saturated rings. The molecule has 2 aliphatic rings. The van der Waals surface area contributed by atoms with Gasteiger partial charge in [-0.3, -0.25) is 0 Å². The molecule has 2 amide bonds. The number of carbonyl (C=O) groups is 1. The Hall–Kier alpha value is -2.56. The van der Waals surface area contributed by atoms with Gasteiger partial charge in [0.25, 0.3) is 0 Å². The number of pyridine rings is 1. The number of carbonyl (C=O) groups excluding carboxylic acids is 1. The van der Waals surface area contributed by atoms with E-state index in [2.05, 4.69) is 39.9 Å². The van der Waals surface area contributed by atoms with Crippen molar-refractivity contribution in [2.45, 2.75) is 32.4 Å². The maximum atomic E-state index is 12.3. The standard InChI is InChI=1S/C19H22N4O/c24-19(23-12-15-4-1-2-5-16(15)13-23)21-11-9-17-8-7-14-6-3-10-20-18(14)22-17/h1-2,4-5,7-8H,3,6,9-13H2,(H,20,22)(H,21,24). The number of hydrogen-bond donors (Lipinski definition) is 2. The third-order valence-corrected chi connectivity index (χ3v) is 4.74. The van der Waals surface area contributed by atoms with Crippen molar-refractivity contribution >= 4 is 11.8 Å². The molecule has 1 aromatic heterocycles. The first-order valence-electron chi connectivity index (χ1n) is 8.62. The van der Waals surface area contributed by atoms with E-state index in [0.29, 0.717) is 19.6 Å². The Balaban J connectivity index is 1.29. The van der Waals surface area contributed by atoms with Gasteiger partial charge in [-0.25, -0.2) is 9.78 Å².